The zero-order valence-electron chi connectivity index (χ0n) is 10.1. The monoisotopic (exact) mass is 320 g/mol. The van der Waals surface area contributed by atoms with Gasteiger partial charge in [-0.2, -0.15) is 0 Å². The zero-order chi connectivity index (χ0) is 13.8. The minimum atomic E-state index is -1.02. The lowest BCUT2D eigenvalue weighted by atomic mass is 10.1. The van der Waals surface area contributed by atoms with Crippen LogP contribution in [0.5, 0.6) is 0 Å². The number of carboxylic acid groups (broad SMARTS) is 1. The second-order valence-electron chi connectivity index (χ2n) is 4.06. The van der Waals surface area contributed by atoms with Gasteiger partial charge in [-0.25, -0.2) is 4.79 Å². The van der Waals surface area contributed by atoms with Crippen LogP contribution in [0.1, 0.15) is 15.9 Å². The normalized spacial score (nSPS) is 10.2. The Morgan fingerprint density at radius 3 is 2.68 bits per heavy atom. The van der Waals surface area contributed by atoms with Crippen molar-refractivity contribution < 1.29 is 9.90 Å². The number of carbonyl (C=O) groups is 1. The van der Waals surface area contributed by atoms with Crippen LogP contribution in [0.15, 0.2) is 46.9 Å². The number of benzene rings is 2. The molecule has 0 aliphatic carbocycles. The largest absolute Gasteiger partial charge is 0.478 e. The van der Waals surface area contributed by atoms with Crippen molar-refractivity contribution in [2.24, 2.45) is 0 Å². The number of hydrogen-bond acceptors (Lipinski definition) is 3. The van der Waals surface area contributed by atoms with Crippen LogP contribution in [-0.4, -0.2) is 11.1 Å². The molecule has 5 heteroatoms. The fourth-order valence-corrected chi connectivity index (χ4v) is 2.20. The molecule has 0 saturated carbocycles. The highest BCUT2D eigenvalue weighted by atomic mass is 79.9. The first-order chi connectivity index (χ1) is 9.08. The van der Waals surface area contributed by atoms with Crippen molar-refractivity contribution in [1.29, 1.82) is 0 Å². The van der Waals surface area contributed by atoms with Crippen LogP contribution < -0.4 is 11.1 Å². The number of nitrogens with two attached hydrogens (primary N) is 1. The van der Waals surface area contributed by atoms with Crippen molar-refractivity contribution in [3.05, 3.63) is 58.1 Å². The maximum absolute atomic E-state index is 11.0. The molecule has 0 aliphatic rings. The molecule has 0 unspecified atom stereocenters. The molecule has 0 bridgehead atoms. The van der Waals surface area contributed by atoms with Crippen LogP contribution in [0.3, 0.4) is 0 Å². The van der Waals surface area contributed by atoms with Gasteiger partial charge in [0.25, 0.3) is 0 Å². The predicted octanol–water partition coefficient (Wildman–Crippen LogP) is 3.34. The highest BCUT2D eigenvalue weighted by molar-refractivity contribution is 9.10. The SMILES string of the molecule is Nc1c(NCc2cccc(Br)c2)cccc1C(=O)O. The molecule has 2 rings (SSSR count). The third-order valence-corrected chi connectivity index (χ3v) is 3.20. The van der Waals surface area contributed by atoms with Crippen LogP contribution in [0.25, 0.3) is 0 Å². The number of nitrogens with one attached hydrogen (secondary N) is 1. The maximum atomic E-state index is 11.0. The summed E-state index contributed by atoms with van der Waals surface area (Å²) in [5, 5.41) is 12.1. The summed E-state index contributed by atoms with van der Waals surface area (Å²) in [6.07, 6.45) is 0. The summed E-state index contributed by atoms with van der Waals surface area (Å²) in [6.45, 7) is 0.576. The van der Waals surface area contributed by atoms with Crippen molar-refractivity contribution >= 4 is 33.3 Å². The van der Waals surface area contributed by atoms with E-state index in [9.17, 15) is 4.79 Å². The Balaban J connectivity index is 2.16. The van der Waals surface area contributed by atoms with E-state index in [4.69, 9.17) is 10.8 Å². The fourth-order valence-electron chi connectivity index (χ4n) is 1.75. The lowest BCUT2D eigenvalue weighted by molar-refractivity contribution is 0.0698. The molecule has 19 heavy (non-hydrogen) atoms. The van der Waals surface area contributed by atoms with E-state index in [2.05, 4.69) is 21.2 Å². The smallest absolute Gasteiger partial charge is 0.337 e. The van der Waals surface area contributed by atoms with Crippen LogP contribution in [0, 0.1) is 0 Å². The van der Waals surface area contributed by atoms with E-state index in [1.807, 2.05) is 24.3 Å². The van der Waals surface area contributed by atoms with Crippen molar-refractivity contribution in [1.82, 2.24) is 0 Å². The first-order valence-electron chi connectivity index (χ1n) is 5.68. The average Bonchev–Trinajstić information content (AvgIpc) is 2.37. The number of anilines is 2. The van der Waals surface area contributed by atoms with Gasteiger partial charge in [0.2, 0.25) is 0 Å². The molecular weight excluding hydrogens is 308 g/mol. The highest BCUT2D eigenvalue weighted by Crippen LogP contribution is 2.23. The number of rotatable bonds is 4. The maximum Gasteiger partial charge on any atom is 0.337 e. The first kappa shape index (κ1) is 13.4. The highest BCUT2D eigenvalue weighted by Gasteiger charge is 2.10. The van der Waals surface area contributed by atoms with Crippen LogP contribution >= 0.6 is 15.9 Å². The van der Waals surface area contributed by atoms with Gasteiger partial charge in [-0.05, 0) is 29.8 Å². The Hall–Kier alpha value is -2.01. The summed E-state index contributed by atoms with van der Waals surface area (Å²) in [6, 6.07) is 12.8. The summed E-state index contributed by atoms with van der Waals surface area (Å²) in [5.74, 6) is -1.02. The topological polar surface area (TPSA) is 75.3 Å². The molecule has 0 atom stereocenters. The van der Waals surface area contributed by atoms with E-state index >= 15 is 0 Å². The number of carboxylic acids is 1. The van der Waals surface area contributed by atoms with Gasteiger partial charge in [-0.15, -0.1) is 0 Å². The third kappa shape index (κ3) is 3.26. The molecule has 4 nitrogen and oxygen atoms in total. The number of para-hydroxylation sites is 1. The molecule has 98 valence electrons. The zero-order valence-corrected chi connectivity index (χ0v) is 11.6. The van der Waals surface area contributed by atoms with Gasteiger partial charge < -0.3 is 16.2 Å². The van der Waals surface area contributed by atoms with E-state index in [-0.39, 0.29) is 11.3 Å². The van der Waals surface area contributed by atoms with Gasteiger partial charge in [0, 0.05) is 11.0 Å². The number of nitrogen functional groups attached to an aromatic ring is 1. The van der Waals surface area contributed by atoms with Crippen molar-refractivity contribution in [2.75, 3.05) is 11.1 Å². The third-order valence-electron chi connectivity index (χ3n) is 2.71. The Bertz CT molecular complexity index is 614. The number of halogens is 1. The van der Waals surface area contributed by atoms with Gasteiger partial charge >= 0.3 is 5.97 Å². The first-order valence-corrected chi connectivity index (χ1v) is 6.47. The number of aromatic carboxylic acids is 1. The lowest BCUT2D eigenvalue weighted by Crippen LogP contribution is -2.07. The Morgan fingerprint density at radius 1 is 1.26 bits per heavy atom. The molecule has 2 aromatic rings. The van der Waals surface area contributed by atoms with E-state index < -0.39 is 5.97 Å². The fraction of sp³-hybridized carbons (Fsp3) is 0.0714. The molecule has 2 aromatic carbocycles. The molecule has 0 fully saturated rings. The Morgan fingerprint density at radius 2 is 2.00 bits per heavy atom. The van der Waals surface area contributed by atoms with E-state index in [0.717, 1.165) is 10.0 Å². The van der Waals surface area contributed by atoms with E-state index in [1.165, 1.54) is 6.07 Å². The minimum absolute atomic E-state index is 0.110. The van der Waals surface area contributed by atoms with Gasteiger partial charge in [0.15, 0.2) is 0 Å². The molecule has 0 radical (unpaired) electrons. The Labute approximate surface area is 119 Å². The van der Waals surface area contributed by atoms with Gasteiger partial charge in [0.1, 0.15) is 0 Å². The van der Waals surface area contributed by atoms with E-state index in [1.54, 1.807) is 12.1 Å². The summed E-state index contributed by atoms with van der Waals surface area (Å²) in [5.41, 5.74) is 7.89. The quantitative estimate of drug-likeness (QED) is 0.755. The summed E-state index contributed by atoms with van der Waals surface area (Å²) < 4.78 is 0.999. The van der Waals surface area contributed by atoms with Crippen LogP contribution in [0.4, 0.5) is 11.4 Å². The molecule has 0 spiro atoms. The molecule has 0 aromatic heterocycles. The second-order valence-corrected chi connectivity index (χ2v) is 4.97. The summed E-state index contributed by atoms with van der Waals surface area (Å²) in [4.78, 5) is 11.0. The predicted molar refractivity (Wildman–Crippen MR) is 79.3 cm³/mol. The lowest BCUT2D eigenvalue weighted by Gasteiger charge is -2.11. The number of hydrogen-bond donors (Lipinski definition) is 3. The second kappa shape index (κ2) is 5.75. The van der Waals surface area contributed by atoms with Crippen molar-refractivity contribution in [3.8, 4) is 0 Å². The Kier molecular flexibility index (Phi) is 4.06. The van der Waals surface area contributed by atoms with Crippen molar-refractivity contribution in [2.45, 2.75) is 6.54 Å². The molecule has 0 amide bonds. The molecule has 0 heterocycles. The summed E-state index contributed by atoms with van der Waals surface area (Å²) in [7, 11) is 0. The standard InChI is InChI=1S/C14H13BrN2O2/c15-10-4-1-3-9(7-10)8-17-12-6-2-5-11(13(12)16)14(18)19/h1-7,17H,8,16H2,(H,18,19). The van der Waals surface area contributed by atoms with Gasteiger partial charge in [-0.3, -0.25) is 0 Å². The van der Waals surface area contributed by atoms with Crippen LogP contribution in [0.2, 0.25) is 0 Å². The minimum Gasteiger partial charge on any atom is -0.478 e. The summed E-state index contributed by atoms with van der Waals surface area (Å²) >= 11 is 3.40. The molecule has 0 saturated heterocycles. The van der Waals surface area contributed by atoms with Gasteiger partial charge in [-0.1, -0.05) is 34.1 Å². The average molecular weight is 321 g/mol. The molecule has 4 N–H and O–H groups in total. The molecule has 0 aliphatic heterocycles. The van der Waals surface area contributed by atoms with Crippen LogP contribution in [-0.2, 0) is 6.54 Å². The van der Waals surface area contributed by atoms with Gasteiger partial charge in [0.05, 0.1) is 16.9 Å². The van der Waals surface area contributed by atoms with Crippen molar-refractivity contribution in [3.63, 3.8) is 0 Å². The van der Waals surface area contributed by atoms with E-state index in [0.29, 0.717) is 12.2 Å². The molecular formula is C14H13BrN2O2.